The van der Waals surface area contributed by atoms with Gasteiger partial charge in [0.15, 0.2) is 0 Å². The summed E-state index contributed by atoms with van der Waals surface area (Å²) >= 11 is 1.71. The van der Waals surface area contributed by atoms with E-state index in [4.69, 9.17) is 4.74 Å². The van der Waals surface area contributed by atoms with E-state index < -0.39 is 6.09 Å². The minimum Gasteiger partial charge on any atom is -0.445 e. The van der Waals surface area contributed by atoms with Gasteiger partial charge in [-0.2, -0.15) is 0 Å². The van der Waals surface area contributed by atoms with E-state index in [-0.39, 0.29) is 6.61 Å². The molecule has 0 unspecified atom stereocenters. The molecule has 0 fully saturated rings. The van der Waals surface area contributed by atoms with Crippen LogP contribution < -0.4 is 5.32 Å². The largest absolute Gasteiger partial charge is 0.445 e. The highest BCUT2D eigenvalue weighted by Crippen LogP contribution is 2.14. The first-order chi connectivity index (χ1) is 11.3. The van der Waals surface area contributed by atoms with Crippen molar-refractivity contribution in [3.05, 3.63) is 65.7 Å². The Hall–Kier alpha value is -2.38. The minimum absolute atomic E-state index is 0.278. The molecule has 4 heteroatoms. The Morgan fingerprint density at radius 2 is 1.87 bits per heavy atom. The molecule has 0 aliphatic heterocycles. The second kappa shape index (κ2) is 9.60. The van der Waals surface area contributed by atoms with Gasteiger partial charge in [0.25, 0.3) is 0 Å². The molecule has 1 N–H and O–H groups in total. The van der Waals surface area contributed by atoms with Crippen molar-refractivity contribution in [1.82, 2.24) is 5.32 Å². The van der Waals surface area contributed by atoms with Crippen LogP contribution in [0.4, 0.5) is 4.79 Å². The van der Waals surface area contributed by atoms with Gasteiger partial charge in [-0.25, -0.2) is 4.79 Å². The van der Waals surface area contributed by atoms with Crippen LogP contribution in [-0.4, -0.2) is 18.9 Å². The summed E-state index contributed by atoms with van der Waals surface area (Å²) in [6, 6.07) is 17.7. The Morgan fingerprint density at radius 1 is 1.13 bits per heavy atom. The maximum atomic E-state index is 11.5. The topological polar surface area (TPSA) is 38.3 Å². The Kier molecular flexibility index (Phi) is 7.09. The van der Waals surface area contributed by atoms with Crippen molar-refractivity contribution >= 4 is 17.9 Å². The lowest BCUT2D eigenvalue weighted by Crippen LogP contribution is -2.24. The first kappa shape index (κ1) is 17.0. The quantitative estimate of drug-likeness (QED) is 0.511. The first-order valence-electron chi connectivity index (χ1n) is 7.35. The molecule has 2 aromatic carbocycles. The summed E-state index contributed by atoms with van der Waals surface area (Å²) in [5.74, 6) is 6.12. The number of amides is 1. The molecule has 0 aromatic heterocycles. The lowest BCUT2D eigenvalue weighted by molar-refractivity contribution is 0.140. The summed E-state index contributed by atoms with van der Waals surface area (Å²) in [6.07, 6.45) is 2.22. The normalized spacial score (nSPS) is 9.61. The third-order valence-electron chi connectivity index (χ3n) is 3.05. The van der Waals surface area contributed by atoms with Crippen molar-refractivity contribution in [2.75, 3.05) is 12.8 Å². The Balaban J connectivity index is 1.65. The van der Waals surface area contributed by atoms with Crippen molar-refractivity contribution in [1.29, 1.82) is 0 Å². The van der Waals surface area contributed by atoms with Crippen LogP contribution in [0.2, 0.25) is 0 Å². The van der Waals surface area contributed by atoms with Crippen LogP contribution >= 0.6 is 11.8 Å². The molecule has 0 radical (unpaired) electrons. The zero-order valence-corrected chi connectivity index (χ0v) is 13.9. The van der Waals surface area contributed by atoms with E-state index >= 15 is 0 Å². The van der Waals surface area contributed by atoms with E-state index in [0.29, 0.717) is 13.0 Å². The highest BCUT2D eigenvalue weighted by atomic mass is 32.2. The maximum Gasteiger partial charge on any atom is 0.407 e. The molecule has 0 aliphatic carbocycles. The highest BCUT2D eigenvalue weighted by Gasteiger charge is 2.00. The van der Waals surface area contributed by atoms with Gasteiger partial charge < -0.3 is 10.1 Å². The number of alkyl carbamates (subject to hydrolysis) is 1. The van der Waals surface area contributed by atoms with E-state index in [1.165, 1.54) is 4.90 Å². The minimum atomic E-state index is -0.417. The Morgan fingerprint density at radius 3 is 2.57 bits per heavy atom. The summed E-state index contributed by atoms with van der Waals surface area (Å²) in [7, 11) is 0. The van der Waals surface area contributed by atoms with Crippen LogP contribution in [0.3, 0.4) is 0 Å². The number of thioether (sulfide) groups is 1. The summed E-state index contributed by atoms with van der Waals surface area (Å²) in [5, 5.41) is 2.69. The molecule has 0 aliphatic rings. The third kappa shape index (κ3) is 6.50. The molecular formula is C19H19NO2S. The number of hydrogen-bond donors (Lipinski definition) is 1. The van der Waals surface area contributed by atoms with Gasteiger partial charge in [-0.1, -0.05) is 42.2 Å². The summed E-state index contributed by atoms with van der Waals surface area (Å²) < 4.78 is 5.12. The fraction of sp³-hybridized carbons (Fsp3) is 0.211. The molecule has 2 rings (SSSR count). The van der Waals surface area contributed by atoms with Crippen molar-refractivity contribution < 1.29 is 9.53 Å². The Bertz CT molecular complexity index is 672. The highest BCUT2D eigenvalue weighted by molar-refractivity contribution is 7.98. The fourth-order valence-corrected chi connectivity index (χ4v) is 2.25. The van der Waals surface area contributed by atoms with Gasteiger partial charge in [-0.3, -0.25) is 0 Å². The van der Waals surface area contributed by atoms with Gasteiger partial charge in [-0.15, -0.1) is 11.8 Å². The van der Waals surface area contributed by atoms with Crippen LogP contribution in [-0.2, 0) is 11.3 Å². The van der Waals surface area contributed by atoms with E-state index in [1.807, 2.05) is 60.9 Å². The second-order valence-corrected chi connectivity index (χ2v) is 5.65. The van der Waals surface area contributed by atoms with Gasteiger partial charge in [-0.05, 0) is 36.1 Å². The van der Waals surface area contributed by atoms with Crippen molar-refractivity contribution in [2.45, 2.75) is 17.9 Å². The smallest absolute Gasteiger partial charge is 0.407 e. The zero-order valence-electron chi connectivity index (χ0n) is 13.0. The summed E-state index contributed by atoms with van der Waals surface area (Å²) in [5.41, 5.74) is 1.95. The number of rotatable bonds is 5. The standard InChI is InChI=1S/C19H19NO2S/c1-23-18-12-10-16(11-13-18)7-5-6-14-20-19(21)22-15-17-8-3-2-4-9-17/h2-4,8-13H,6,14-15H2,1H3,(H,20,21). The monoisotopic (exact) mass is 325 g/mol. The molecule has 0 saturated carbocycles. The lowest BCUT2D eigenvalue weighted by atomic mass is 10.2. The number of nitrogens with one attached hydrogen (secondary N) is 1. The number of carbonyl (C=O) groups is 1. The van der Waals surface area contributed by atoms with Crippen molar-refractivity contribution in [2.24, 2.45) is 0 Å². The van der Waals surface area contributed by atoms with Gasteiger partial charge in [0.05, 0.1) is 0 Å². The average Bonchev–Trinajstić information content (AvgIpc) is 2.61. The Labute approximate surface area is 141 Å². The van der Waals surface area contributed by atoms with Crippen LogP contribution in [0.25, 0.3) is 0 Å². The molecule has 2 aromatic rings. The van der Waals surface area contributed by atoms with E-state index in [0.717, 1.165) is 11.1 Å². The van der Waals surface area contributed by atoms with Crippen molar-refractivity contribution in [3.8, 4) is 11.8 Å². The van der Waals surface area contributed by atoms with E-state index in [9.17, 15) is 4.79 Å². The number of benzene rings is 2. The van der Waals surface area contributed by atoms with Crippen LogP contribution in [0.1, 0.15) is 17.5 Å². The van der Waals surface area contributed by atoms with Gasteiger partial charge >= 0.3 is 6.09 Å². The summed E-state index contributed by atoms with van der Waals surface area (Å²) in [4.78, 5) is 12.8. The number of carbonyl (C=O) groups excluding carboxylic acids is 1. The second-order valence-electron chi connectivity index (χ2n) is 4.77. The average molecular weight is 325 g/mol. The first-order valence-corrected chi connectivity index (χ1v) is 8.58. The molecule has 0 bridgehead atoms. The molecule has 118 valence electrons. The van der Waals surface area contributed by atoms with Gasteiger partial charge in [0.2, 0.25) is 0 Å². The molecule has 0 spiro atoms. The lowest BCUT2D eigenvalue weighted by Gasteiger charge is -2.05. The molecular weight excluding hydrogens is 306 g/mol. The van der Waals surface area contributed by atoms with E-state index in [2.05, 4.69) is 17.2 Å². The summed E-state index contributed by atoms with van der Waals surface area (Å²) in [6.45, 7) is 0.754. The van der Waals surface area contributed by atoms with Crippen LogP contribution in [0.5, 0.6) is 0 Å². The number of ether oxygens (including phenoxy) is 1. The predicted octanol–water partition coefficient (Wildman–Crippen LogP) is 4.08. The third-order valence-corrected chi connectivity index (χ3v) is 3.80. The fourth-order valence-electron chi connectivity index (χ4n) is 1.84. The predicted molar refractivity (Wildman–Crippen MR) is 94.3 cm³/mol. The van der Waals surface area contributed by atoms with Gasteiger partial charge in [0, 0.05) is 23.4 Å². The SMILES string of the molecule is CSc1ccc(C#CCCNC(=O)OCc2ccccc2)cc1. The maximum absolute atomic E-state index is 11.5. The molecule has 0 saturated heterocycles. The zero-order chi connectivity index (χ0) is 16.3. The molecule has 0 atom stereocenters. The van der Waals surface area contributed by atoms with Crippen LogP contribution in [0, 0.1) is 11.8 Å². The van der Waals surface area contributed by atoms with Crippen LogP contribution in [0.15, 0.2) is 59.5 Å². The molecule has 0 heterocycles. The molecule has 3 nitrogen and oxygen atoms in total. The van der Waals surface area contributed by atoms with Crippen molar-refractivity contribution in [3.63, 3.8) is 0 Å². The van der Waals surface area contributed by atoms with E-state index in [1.54, 1.807) is 11.8 Å². The molecule has 1 amide bonds. The molecule has 23 heavy (non-hydrogen) atoms. The number of hydrogen-bond acceptors (Lipinski definition) is 3. The van der Waals surface area contributed by atoms with Gasteiger partial charge in [0.1, 0.15) is 6.61 Å².